The van der Waals surface area contributed by atoms with Crippen LogP contribution in [-0.4, -0.2) is 28.7 Å². The summed E-state index contributed by atoms with van der Waals surface area (Å²) in [4.78, 5) is 2.07. The topological polar surface area (TPSA) is 23.5 Å². The number of hydrogen-bond donors (Lipinski definition) is 1. The lowest BCUT2D eigenvalue weighted by molar-refractivity contribution is 0.173. The third-order valence-electron chi connectivity index (χ3n) is 3.05. The molecule has 88 valence electrons. The molecule has 2 rings (SSSR count). The maximum absolute atomic E-state index is 13.0. The second-order valence-corrected chi connectivity index (χ2v) is 4.42. The number of nitrogens with zero attached hydrogens (tertiary/aromatic N) is 1. The molecule has 1 aromatic rings. The van der Waals surface area contributed by atoms with Crippen molar-refractivity contribution in [3.8, 4) is 0 Å². The van der Waals surface area contributed by atoms with Crippen LogP contribution in [0.2, 0.25) is 0 Å². The molecular weight excluding hydrogens is 212 g/mol. The molecule has 1 aliphatic heterocycles. The van der Waals surface area contributed by atoms with Crippen LogP contribution < -0.4 is 0 Å². The van der Waals surface area contributed by atoms with Crippen LogP contribution in [0.4, 0.5) is 8.78 Å². The third-order valence-corrected chi connectivity index (χ3v) is 3.05. The molecule has 0 amide bonds. The summed E-state index contributed by atoms with van der Waals surface area (Å²) in [6.45, 7) is 3.17. The second kappa shape index (κ2) is 4.47. The fraction of sp³-hybridized carbons (Fsp3) is 0.500. The van der Waals surface area contributed by atoms with Gasteiger partial charge in [-0.3, -0.25) is 4.90 Å². The van der Waals surface area contributed by atoms with Gasteiger partial charge in [0.25, 0.3) is 0 Å². The van der Waals surface area contributed by atoms with Gasteiger partial charge in [-0.25, -0.2) is 8.78 Å². The molecule has 4 heteroatoms. The zero-order valence-corrected chi connectivity index (χ0v) is 9.16. The quantitative estimate of drug-likeness (QED) is 0.834. The fourth-order valence-corrected chi connectivity index (χ4v) is 2.16. The molecule has 1 heterocycles. The van der Waals surface area contributed by atoms with E-state index in [1.54, 1.807) is 6.07 Å². The summed E-state index contributed by atoms with van der Waals surface area (Å²) in [5, 5.41) is 9.47. The molecule has 0 bridgehead atoms. The fourth-order valence-electron chi connectivity index (χ4n) is 2.16. The molecule has 1 aliphatic rings. The minimum Gasteiger partial charge on any atom is -0.392 e. The van der Waals surface area contributed by atoms with E-state index in [0.29, 0.717) is 13.1 Å². The Kier molecular flexibility index (Phi) is 3.21. The Morgan fingerprint density at radius 3 is 2.69 bits per heavy atom. The molecule has 0 saturated carbocycles. The largest absolute Gasteiger partial charge is 0.392 e. The van der Waals surface area contributed by atoms with Crippen LogP contribution in [0.15, 0.2) is 18.2 Å². The highest BCUT2D eigenvalue weighted by Crippen LogP contribution is 2.20. The summed E-state index contributed by atoms with van der Waals surface area (Å²) in [5.41, 5.74) is 0.736. The van der Waals surface area contributed by atoms with Crippen molar-refractivity contribution in [2.24, 2.45) is 0 Å². The minimum atomic E-state index is -0.821. The van der Waals surface area contributed by atoms with Crippen LogP contribution in [0.25, 0.3) is 0 Å². The standard InChI is InChI=1S/C12H15F2NO/c1-8-4-10(16)7-15(8)6-9-2-3-11(13)12(14)5-9/h2-3,5,8,10,16H,4,6-7H2,1H3/t8?,10-/m1/s1. The number of aliphatic hydroxyl groups is 1. The van der Waals surface area contributed by atoms with Gasteiger partial charge in [-0.15, -0.1) is 0 Å². The van der Waals surface area contributed by atoms with Crippen LogP contribution in [0.3, 0.4) is 0 Å². The molecule has 0 aromatic heterocycles. The van der Waals surface area contributed by atoms with Crippen molar-refractivity contribution < 1.29 is 13.9 Å². The van der Waals surface area contributed by atoms with Crippen molar-refractivity contribution in [2.45, 2.75) is 32.0 Å². The van der Waals surface area contributed by atoms with Gasteiger partial charge >= 0.3 is 0 Å². The number of halogens is 2. The van der Waals surface area contributed by atoms with Crippen molar-refractivity contribution in [3.63, 3.8) is 0 Å². The summed E-state index contributed by atoms with van der Waals surface area (Å²) < 4.78 is 25.7. The lowest BCUT2D eigenvalue weighted by Crippen LogP contribution is -2.27. The van der Waals surface area contributed by atoms with E-state index >= 15 is 0 Å². The second-order valence-electron chi connectivity index (χ2n) is 4.42. The number of β-amino-alcohol motifs (C(OH)–C–C–N with tert-alkyl or cyclic N) is 1. The van der Waals surface area contributed by atoms with E-state index in [1.165, 1.54) is 6.07 Å². The van der Waals surface area contributed by atoms with Crippen LogP contribution in [0.5, 0.6) is 0 Å². The van der Waals surface area contributed by atoms with Gasteiger partial charge in [-0.1, -0.05) is 6.07 Å². The van der Waals surface area contributed by atoms with Crippen molar-refractivity contribution in [1.29, 1.82) is 0 Å². The van der Waals surface area contributed by atoms with Crippen LogP contribution in [0, 0.1) is 11.6 Å². The first-order chi connectivity index (χ1) is 7.56. The van der Waals surface area contributed by atoms with Crippen molar-refractivity contribution in [3.05, 3.63) is 35.4 Å². The van der Waals surface area contributed by atoms with Crippen LogP contribution >= 0.6 is 0 Å². The average molecular weight is 227 g/mol. The van der Waals surface area contributed by atoms with E-state index in [2.05, 4.69) is 4.90 Å². The first-order valence-electron chi connectivity index (χ1n) is 5.42. The van der Waals surface area contributed by atoms with Gasteiger partial charge in [0.2, 0.25) is 0 Å². The SMILES string of the molecule is CC1C[C@@H](O)CN1Cc1ccc(F)c(F)c1. The molecule has 1 fully saturated rings. The van der Waals surface area contributed by atoms with Gasteiger partial charge in [-0.2, -0.15) is 0 Å². The monoisotopic (exact) mass is 227 g/mol. The molecule has 2 atom stereocenters. The molecular formula is C12H15F2NO. The molecule has 1 saturated heterocycles. The zero-order valence-electron chi connectivity index (χ0n) is 9.16. The average Bonchev–Trinajstić information content (AvgIpc) is 2.51. The van der Waals surface area contributed by atoms with Gasteiger partial charge in [0.15, 0.2) is 11.6 Å². The zero-order chi connectivity index (χ0) is 11.7. The Morgan fingerprint density at radius 1 is 1.38 bits per heavy atom. The molecule has 0 aliphatic carbocycles. The summed E-state index contributed by atoms with van der Waals surface area (Å²) in [6, 6.07) is 4.22. The number of benzene rings is 1. The van der Waals surface area contributed by atoms with Gasteiger partial charge in [-0.05, 0) is 31.0 Å². The molecule has 0 radical (unpaired) electrons. The molecule has 16 heavy (non-hydrogen) atoms. The summed E-state index contributed by atoms with van der Waals surface area (Å²) in [6.07, 6.45) is 0.434. The number of rotatable bonds is 2. The highest BCUT2D eigenvalue weighted by Gasteiger charge is 2.27. The molecule has 1 aromatic carbocycles. The van der Waals surface area contributed by atoms with E-state index in [0.717, 1.165) is 18.1 Å². The van der Waals surface area contributed by atoms with Crippen molar-refractivity contribution in [2.75, 3.05) is 6.54 Å². The highest BCUT2D eigenvalue weighted by molar-refractivity contribution is 5.18. The summed E-state index contributed by atoms with van der Waals surface area (Å²) >= 11 is 0. The Morgan fingerprint density at radius 2 is 2.12 bits per heavy atom. The summed E-state index contributed by atoms with van der Waals surface area (Å²) in [5.74, 6) is -1.64. The van der Waals surface area contributed by atoms with E-state index in [4.69, 9.17) is 0 Å². The Labute approximate surface area is 93.5 Å². The van der Waals surface area contributed by atoms with E-state index in [9.17, 15) is 13.9 Å². The van der Waals surface area contributed by atoms with Gasteiger partial charge in [0, 0.05) is 19.1 Å². The van der Waals surface area contributed by atoms with Crippen molar-refractivity contribution >= 4 is 0 Å². The Bertz CT molecular complexity index is 383. The van der Waals surface area contributed by atoms with Gasteiger partial charge < -0.3 is 5.11 Å². The van der Waals surface area contributed by atoms with Crippen LogP contribution in [-0.2, 0) is 6.54 Å². The van der Waals surface area contributed by atoms with Crippen molar-refractivity contribution in [1.82, 2.24) is 4.90 Å². The van der Waals surface area contributed by atoms with E-state index in [1.807, 2.05) is 6.92 Å². The molecule has 2 nitrogen and oxygen atoms in total. The van der Waals surface area contributed by atoms with Crippen LogP contribution in [0.1, 0.15) is 18.9 Å². The lowest BCUT2D eigenvalue weighted by atomic mass is 10.2. The summed E-state index contributed by atoms with van der Waals surface area (Å²) in [7, 11) is 0. The first-order valence-corrected chi connectivity index (χ1v) is 5.42. The molecule has 1 N–H and O–H groups in total. The Hall–Kier alpha value is -1.00. The van der Waals surface area contributed by atoms with Gasteiger partial charge in [0.05, 0.1) is 6.10 Å². The minimum absolute atomic E-state index is 0.281. The number of likely N-dealkylation sites (tertiary alicyclic amines) is 1. The van der Waals surface area contributed by atoms with E-state index < -0.39 is 11.6 Å². The highest BCUT2D eigenvalue weighted by atomic mass is 19.2. The predicted molar refractivity (Wildman–Crippen MR) is 56.9 cm³/mol. The smallest absolute Gasteiger partial charge is 0.159 e. The molecule has 0 spiro atoms. The first kappa shape index (κ1) is 11.5. The lowest BCUT2D eigenvalue weighted by Gasteiger charge is -2.20. The maximum Gasteiger partial charge on any atom is 0.159 e. The predicted octanol–water partition coefficient (Wildman–Crippen LogP) is 1.92. The molecule has 1 unspecified atom stereocenters. The number of aliphatic hydroxyl groups excluding tert-OH is 1. The normalized spacial score (nSPS) is 26.2. The number of hydrogen-bond acceptors (Lipinski definition) is 2. The Balaban J connectivity index is 2.06. The third kappa shape index (κ3) is 2.39. The van der Waals surface area contributed by atoms with E-state index in [-0.39, 0.29) is 12.1 Å². The van der Waals surface area contributed by atoms with Gasteiger partial charge in [0.1, 0.15) is 0 Å². The maximum atomic E-state index is 13.0.